The lowest BCUT2D eigenvalue weighted by Crippen LogP contribution is -1.93. The van der Waals surface area contributed by atoms with Gasteiger partial charge in [0.25, 0.3) is 0 Å². The molecule has 0 saturated heterocycles. The topological polar surface area (TPSA) is 48.1 Å². The average molecular weight is 235 g/mol. The van der Waals surface area contributed by atoms with Crippen LogP contribution in [-0.2, 0) is 0 Å². The van der Waals surface area contributed by atoms with Crippen LogP contribution in [0.2, 0.25) is 5.02 Å². The fraction of sp³-hybridized carbons (Fsp3) is 0.0833. The van der Waals surface area contributed by atoms with Gasteiger partial charge in [-0.1, -0.05) is 17.7 Å². The molecule has 0 aliphatic rings. The first kappa shape index (κ1) is 10.8. The second-order valence-electron chi connectivity index (χ2n) is 3.38. The van der Waals surface area contributed by atoms with E-state index in [4.69, 9.17) is 22.1 Å². The summed E-state index contributed by atoms with van der Waals surface area (Å²) in [5, 5.41) is 0.476. The summed E-state index contributed by atoms with van der Waals surface area (Å²) in [6.45, 7) is 1.90. The first-order valence-corrected chi connectivity index (χ1v) is 5.18. The Labute approximate surface area is 98.8 Å². The number of aromatic nitrogens is 1. The summed E-state index contributed by atoms with van der Waals surface area (Å²) in [5.41, 5.74) is 7.38. The van der Waals surface area contributed by atoms with Crippen molar-refractivity contribution in [2.45, 2.75) is 6.92 Å². The summed E-state index contributed by atoms with van der Waals surface area (Å²) in [7, 11) is 0. The normalized spacial score (nSPS) is 10.1. The van der Waals surface area contributed by atoms with Crippen LogP contribution in [0.25, 0.3) is 0 Å². The van der Waals surface area contributed by atoms with Gasteiger partial charge in [0.2, 0.25) is 0 Å². The number of halogens is 1. The predicted molar refractivity (Wildman–Crippen MR) is 64.9 cm³/mol. The summed E-state index contributed by atoms with van der Waals surface area (Å²) >= 11 is 5.95. The molecule has 0 saturated carbocycles. The Morgan fingerprint density at radius 1 is 1.25 bits per heavy atom. The molecule has 16 heavy (non-hydrogen) atoms. The number of anilines is 1. The molecule has 2 N–H and O–H groups in total. The van der Waals surface area contributed by atoms with Gasteiger partial charge in [0.1, 0.15) is 16.5 Å². The number of nitrogens with two attached hydrogens (primary N) is 1. The number of hydrogen-bond acceptors (Lipinski definition) is 3. The van der Waals surface area contributed by atoms with Crippen molar-refractivity contribution in [2.24, 2.45) is 0 Å². The molecule has 0 bridgehead atoms. The number of nitrogen functional groups attached to an aromatic ring is 1. The van der Waals surface area contributed by atoms with Crippen LogP contribution < -0.4 is 10.5 Å². The lowest BCUT2D eigenvalue weighted by Gasteiger charge is -2.10. The number of nitrogens with zero attached hydrogens (tertiary/aromatic N) is 1. The summed E-state index contributed by atoms with van der Waals surface area (Å²) in [5.74, 6) is 1.28. The van der Waals surface area contributed by atoms with Gasteiger partial charge < -0.3 is 10.5 Å². The molecule has 0 radical (unpaired) electrons. The van der Waals surface area contributed by atoms with Crippen LogP contribution in [0.15, 0.2) is 36.7 Å². The Hall–Kier alpha value is -1.74. The van der Waals surface area contributed by atoms with Crippen LogP contribution in [0.5, 0.6) is 11.5 Å². The Kier molecular flexibility index (Phi) is 2.97. The van der Waals surface area contributed by atoms with Crippen molar-refractivity contribution in [3.8, 4) is 11.5 Å². The van der Waals surface area contributed by atoms with E-state index in [2.05, 4.69) is 4.98 Å². The van der Waals surface area contributed by atoms with E-state index in [0.29, 0.717) is 22.2 Å². The van der Waals surface area contributed by atoms with Gasteiger partial charge in [0.15, 0.2) is 0 Å². The van der Waals surface area contributed by atoms with Crippen LogP contribution in [0.1, 0.15) is 5.56 Å². The molecule has 0 amide bonds. The second-order valence-corrected chi connectivity index (χ2v) is 3.79. The zero-order valence-corrected chi connectivity index (χ0v) is 9.53. The molecular formula is C12H11ClN2O. The minimum atomic E-state index is 0.476. The first-order chi connectivity index (χ1) is 7.68. The quantitative estimate of drug-likeness (QED) is 0.810. The van der Waals surface area contributed by atoms with Gasteiger partial charge in [-0.05, 0) is 19.1 Å². The van der Waals surface area contributed by atoms with Crippen LogP contribution in [0.3, 0.4) is 0 Å². The molecule has 0 aliphatic heterocycles. The molecule has 3 nitrogen and oxygen atoms in total. The molecular weight excluding hydrogens is 224 g/mol. The van der Waals surface area contributed by atoms with E-state index in [9.17, 15) is 0 Å². The van der Waals surface area contributed by atoms with Crippen molar-refractivity contribution in [1.29, 1.82) is 0 Å². The zero-order chi connectivity index (χ0) is 11.5. The Balaban J connectivity index is 2.35. The molecule has 2 aromatic rings. The van der Waals surface area contributed by atoms with Crippen LogP contribution >= 0.6 is 11.6 Å². The van der Waals surface area contributed by atoms with E-state index >= 15 is 0 Å². The van der Waals surface area contributed by atoms with Gasteiger partial charge in [-0.15, -0.1) is 0 Å². The molecule has 1 aromatic carbocycles. The molecule has 1 heterocycles. The fourth-order valence-corrected chi connectivity index (χ4v) is 1.46. The molecule has 82 valence electrons. The lowest BCUT2D eigenvalue weighted by atomic mass is 10.2. The van der Waals surface area contributed by atoms with Crippen molar-refractivity contribution >= 4 is 17.3 Å². The van der Waals surface area contributed by atoms with Crippen molar-refractivity contribution in [2.75, 3.05) is 5.73 Å². The van der Waals surface area contributed by atoms with Gasteiger partial charge in [-0.2, -0.15) is 0 Å². The Bertz CT molecular complexity index is 514. The third-order valence-corrected chi connectivity index (χ3v) is 2.57. The highest BCUT2D eigenvalue weighted by atomic mass is 35.5. The van der Waals surface area contributed by atoms with Gasteiger partial charge in [-0.3, -0.25) is 4.98 Å². The second kappa shape index (κ2) is 4.41. The molecule has 0 fully saturated rings. The third kappa shape index (κ3) is 2.09. The number of ether oxygens (including phenoxy) is 1. The van der Waals surface area contributed by atoms with Crippen LogP contribution in [0.4, 0.5) is 5.69 Å². The number of pyridine rings is 1. The fourth-order valence-electron chi connectivity index (χ4n) is 1.31. The largest absolute Gasteiger partial charge is 0.455 e. The minimum Gasteiger partial charge on any atom is -0.455 e. The lowest BCUT2D eigenvalue weighted by molar-refractivity contribution is 0.479. The predicted octanol–water partition coefficient (Wildman–Crippen LogP) is 3.42. The monoisotopic (exact) mass is 234 g/mol. The standard InChI is InChI=1S/C12H11ClN2O/c1-8-10(14)3-2-4-11(8)16-12-5-6-15-7-9(12)13/h2-7H,14H2,1H3. The molecule has 1 aromatic heterocycles. The first-order valence-electron chi connectivity index (χ1n) is 4.81. The maximum atomic E-state index is 5.95. The molecule has 2 rings (SSSR count). The van der Waals surface area contributed by atoms with Gasteiger partial charge in [0.05, 0.1) is 0 Å². The van der Waals surface area contributed by atoms with E-state index in [1.807, 2.05) is 25.1 Å². The number of hydrogen-bond donors (Lipinski definition) is 1. The average Bonchev–Trinajstić information content (AvgIpc) is 2.28. The smallest absolute Gasteiger partial charge is 0.149 e. The maximum Gasteiger partial charge on any atom is 0.149 e. The molecule has 0 spiro atoms. The summed E-state index contributed by atoms with van der Waals surface area (Å²) < 4.78 is 5.67. The van der Waals surface area contributed by atoms with Crippen LogP contribution in [0, 0.1) is 6.92 Å². The molecule has 0 unspecified atom stereocenters. The highest BCUT2D eigenvalue weighted by Crippen LogP contribution is 2.31. The summed E-state index contributed by atoms with van der Waals surface area (Å²) in [6.07, 6.45) is 3.17. The molecule has 4 heteroatoms. The van der Waals surface area contributed by atoms with E-state index in [1.165, 1.54) is 0 Å². The number of rotatable bonds is 2. The minimum absolute atomic E-state index is 0.476. The van der Waals surface area contributed by atoms with Gasteiger partial charge in [-0.25, -0.2) is 0 Å². The van der Waals surface area contributed by atoms with Crippen molar-refractivity contribution in [1.82, 2.24) is 4.98 Å². The molecule has 0 aliphatic carbocycles. The van der Waals surface area contributed by atoms with Crippen molar-refractivity contribution < 1.29 is 4.74 Å². The van der Waals surface area contributed by atoms with E-state index in [0.717, 1.165) is 5.56 Å². The van der Waals surface area contributed by atoms with E-state index in [1.54, 1.807) is 18.5 Å². The highest BCUT2D eigenvalue weighted by molar-refractivity contribution is 6.31. The highest BCUT2D eigenvalue weighted by Gasteiger charge is 2.06. The maximum absolute atomic E-state index is 5.95. The SMILES string of the molecule is Cc1c(N)cccc1Oc1ccncc1Cl. The summed E-state index contributed by atoms with van der Waals surface area (Å²) in [4.78, 5) is 3.89. The van der Waals surface area contributed by atoms with E-state index in [-0.39, 0.29) is 0 Å². The van der Waals surface area contributed by atoms with E-state index < -0.39 is 0 Å². The van der Waals surface area contributed by atoms with Gasteiger partial charge in [0, 0.05) is 29.7 Å². The van der Waals surface area contributed by atoms with Crippen LogP contribution in [-0.4, -0.2) is 4.98 Å². The number of benzene rings is 1. The zero-order valence-electron chi connectivity index (χ0n) is 8.77. The van der Waals surface area contributed by atoms with Crippen molar-refractivity contribution in [3.05, 3.63) is 47.2 Å². The Morgan fingerprint density at radius 2 is 2.06 bits per heavy atom. The Morgan fingerprint density at radius 3 is 2.81 bits per heavy atom. The van der Waals surface area contributed by atoms with Crippen molar-refractivity contribution in [3.63, 3.8) is 0 Å². The summed E-state index contributed by atoms with van der Waals surface area (Å²) in [6, 6.07) is 7.23. The molecule has 0 atom stereocenters. The van der Waals surface area contributed by atoms with Gasteiger partial charge >= 0.3 is 0 Å². The third-order valence-electron chi connectivity index (χ3n) is 2.28.